The maximum Gasteiger partial charge on any atom is 0.240 e. The SMILES string of the molecule is NNC(=O)C12CCCCC1CCC2. The fraction of sp³-hybridized carbons (Fsp3) is 0.900. The molecular weight excluding hydrogens is 164 g/mol. The lowest BCUT2D eigenvalue weighted by Gasteiger charge is -2.37. The van der Waals surface area contributed by atoms with Gasteiger partial charge in [-0.25, -0.2) is 5.84 Å². The zero-order valence-corrected chi connectivity index (χ0v) is 8.01. The van der Waals surface area contributed by atoms with Crippen molar-refractivity contribution in [3.8, 4) is 0 Å². The molecule has 3 N–H and O–H groups in total. The number of rotatable bonds is 1. The van der Waals surface area contributed by atoms with Crippen LogP contribution in [0.1, 0.15) is 44.9 Å². The molecule has 0 aromatic carbocycles. The largest absolute Gasteiger partial charge is 0.294 e. The lowest BCUT2D eigenvalue weighted by molar-refractivity contribution is -0.135. The summed E-state index contributed by atoms with van der Waals surface area (Å²) in [5, 5.41) is 0. The van der Waals surface area contributed by atoms with Crippen LogP contribution in [-0.4, -0.2) is 5.91 Å². The highest BCUT2D eigenvalue weighted by atomic mass is 16.2. The number of nitrogens with two attached hydrogens (primary N) is 1. The summed E-state index contributed by atoms with van der Waals surface area (Å²) < 4.78 is 0. The lowest BCUT2D eigenvalue weighted by atomic mass is 9.68. The third-order valence-corrected chi connectivity index (χ3v) is 3.97. The smallest absolute Gasteiger partial charge is 0.240 e. The van der Waals surface area contributed by atoms with Gasteiger partial charge in [-0.15, -0.1) is 0 Å². The van der Waals surface area contributed by atoms with Crippen molar-refractivity contribution in [3.63, 3.8) is 0 Å². The molecule has 2 aliphatic rings. The van der Waals surface area contributed by atoms with Crippen molar-refractivity contribution < 1.29 is 4.79 Å². The fourth-order valence-electron chi connectivity index (χ4n) is 3.28. The molecule has 0 bridgehead atoms. The summed E-state index contributed by atoms with van der Waals surface area (Å²) in [6, 6.07) is 0. The predicted octanol–water partition coefficient (Wildman–Crippen LogP) is 1.34. The van der Waals surface area contributed by atoms with Crippen molar-refractivity contribution in [1.29, 1.82) is 0 Å². The first-order valence-corrected chi connectivity index (χ1v) is 5.31. The number of fused-ring (bicyclic) bond motifs is 1. The second kappa shape index (κ2) is 3.29. The Balaban J connectivity index is 2.20. The van der Waals surface area contributed by atoms with Gasteiger partial charge in [0.05, 0.1) is 5.41 Å². The summed E-state index contributed by atoms with van der Waals surface area (Å²) in [7, 11) is 0. The van der Waals surface area contributed by atoms with Gasteiger partial charge in [0.2, 0.25) is 5.91 Å². The van der Waals surface area contributed by atoms with Crippen LogP contribution in [0.3, 0.4) is 0 Å². The Morgan fingerprint density at radius 3 is 2.69 bits per heavy atom. The molecule has 2 saturated carbocycles. The highest BCUT2D eigenvalue weighted by Crippen LogP contribution is 2.52. The van der Waals surface area contributed by atoms with Gasteiger partial charge in [0, 0.05) is 0 Å². The van der Waals surface area contributed by atoms with Crippen LogP contribution in [0.15, 0.2) is 0 Å². The molecule has 0 spiro atoms. The molecule has 0 aromatic heterocycles. The van der Waals surface area contributed by atoms with Crippen LogP contribution in [0.5, 0.6) is 0 Å². The van der Waals surface area contributed by atoms with Crippen LogP contribution >= 0.6 is 0 Å². The van der Waals surface area contributed by atoms with E-state index in [4.69, 9.17) is 5.84 Å². The van der Waals surface area contributed by atoms with E-state index in [1.807, 2.05) is 0 Å². The van der Waals surface area contributed by atoms with Gasteiger partial charge in [0.15, 0.2) is 0 Å². The van der Waals surface area contributed by atoms with Crippen molar-refractivity contribution in [2.75, 3.05) is 0 Å². The maximum atomic E-state index is 11.7. The zero-order valence-electron chi connectivity index (χ0n) is 8.01. The molecule has 0 heterocycles. The minimum atomic E-state index is -0.0764. The molecule has 2 rings (SSSR count). The number of carbonyl (C=O) groups excluding carboxylic acids is 1. The quantitative estimate of drug-likeness (QED) is 0.365. The number of hydrazine groups is 1. The second-order valence-corrected chi connectivity index (χ2v) is 4.46. The average Bonchev–Trinajstić information content (AvgIpc) is 2.61. The van der Waals surface area contributed by atoms with Crippen molar-refractivity contribution in [2.24, 2.45) is 17.2 Å². The topological polar surface area (TPSA) is 55.1 Å². The van der Waals surface area contributed by atoms with Crippen LogP contribution < -0.4 is 11.3 Å². The number of hydrogen-bond donors (Lipinski definition) is 2. The molecule has 2 unspecified atom stereocenters. The van der Waals surface area contributed by atoms with Gasteiger partial charge in [-0.3, -0.25) is 10.2 Å². The molecule has 1 amide bonds. The van der Waals surface area contributed by atoms with E-state index in [2.05, 4.69) is 5.43 Å². The normalized spacial score (nSPS) is 38.4. The highest BCUT2D eigenvalue weighted by molar-refractivity contribution is 5.82. The monoisotopic (exact) mass is 182 g/mol. The Morgan fingerprint density at radius 2 is 1.92 bits per heavy atom. The Kier molecular flexibility index (Phi) is 2.28. The first-order chi connectivity index (χ1) is 6.29. The van der Waals surface area contributed by atoms with Gasteiger partial charge in [-0.1, -0.05) is 19.3 Å². The first-order valence-electron chi connectivity index (χ1n) is 5.31. The summed E-state index contributed by atoms with van der Waals surface area (Å²) in [6.45, 7) is 0. The molecule has 2 fully saturated rings. The molecule has 0 radical (unpaired) electrons. The van der Waals surface area contributed by atoms with Crippen LogP contribution in [-0.2, 0) is 4.79 Å². The molecule has 2 aliphatic carbocycles. The molecule has 2 atom stereocenters. The maximum absolute atomic E-state index is 11.7. The minimum absolute atomic E-state index is 0.0764. The van der Waals surface area contributed by atoms with Crippen molar-refractivity contribution >= 4 is 5.91 Å². The van der Waals surface area contributed by atoms with Gasteiger partial charge < -0.3 is 0 Å². The van der Waals surface area contributed by atoms with E-state index in [1.165, 1.54) is 32.1 Å². The molecule has 0 aliphatic heterocycles. The molecular formula is C10H18N2O. The summed E-state index contributed by atoms with van der Waals surface area (Å²) in [5.74, 6) is 5.96. The second-order valence-electron chi connectivity index (χ2n) is 4.46. The highest BCUT2D eigenvalue weighted by Gasteiger charge is 2.49. The Bertz CT molecular complexity index is 217. The van der Waals surface area contributed by atoms with E-state index in [-0.39, 0.29) is 11.3 Å². The molecule has 3 heteroatoms. The van der Waals surface area contributed by atoms with Gasteiger partial charge in [0.25, 0.3) is 0 Å². The zero-order chi connectivity index (χ0) is 9.31. The number of amides is 1. The first kappa shape index (κ1) is 9.00. The minimum Gasteiger partial charge on any atom is -0.294 e. The average molecular weight is 182 g/mol. The van der Waals surface area contributed by atoms with Crippen LogP contribution in [0, 0.1) is 11.3 Å². The van der Waals surface area contributed by atoms with Crippen LogP contribution in [0.25, 0.3) is 0 Å². The molecule has 3 nitrogen and oxygen atoms in total. The van der Waals surface area contributed by atoms with Crippen LogP contribution in [0.4, 0.5) is 0 Å². The predicted molar refractivity (Wildman–Crippen MR) is 50.6 cm³/mol. The fourth-order valence-corrected chi connectivity index (χ4v) is 3.28. The Morgan fingerprint density at radius 1 is 1.23 bits per heavy atom. The van der Waals surface area contributed by atoms with Gasteiger partial charge in [0.1, 0.15) is 0 Å². The van der Waals surface area contributed by atoms with E-state index < -0.39 is 0 Å². The molecule has 74 valence electrons. The van der Waals surface area contributed by atoms with E-state index in [0.717, 1.165) is 12.8 Å². The van der Waals surface area contributed by atoms with Crippen LogP contribution in [0.2, 0.25) is 0 Å². The van der Waals surface area contributed by atoms with E-state index in [1.54, 1.807) is 0 Å². The molecule has 13 heavy (non-hydrogen) atoms. The van der Waals surface area contributed by atoms with Gasteiger partial charge in [-0.2, -0.15) is 0 Å². The standard InChI is InChI=1S/C10H18N2O/c11-12-9(13)10-6-2-1-4-8(10)5-3-7-10/h8H,1-7,11H2,(H,12,13). The van der Waals surface area contributed by atoms with Crippen molar-refractivity contribution in [2.45, 2.75) is 44.9 Å². The van der Waals surface area contributed by atoms with E-state index in [0.29, 0.717) is 5.92 Å². The van der Waals surface area contributed by atoms with Crippen molar-refractivity contribution in [3.05, 3.63) is 0 Å². The molecule has 0 saturated heterocycles. The summed E-state index contributed by atoms with van der Waals surface area (Å²) in [6.07, 6.45) is 8.27. The van der Waals surface area contributed by atoms with Crippen molar-refractivity contribution in [1.82, 2.24) is 5.43 Å². The Hall–Kier alpha value is -0.570. The number of hydrogen-bond acceptors (Lipinski definition) is 2. The Labute approximate surface area is 79.0 Å². The number of carbonyl (C=O) groups is 1. The lowest BCUT2D eigenvalue weighted by Crippen LogP contribution is -2.47. The molecule has 0 aromatic rings. The van der Waals surface area contributed by atoms with E-state index >= 15 is 0 Å². The van der Waals surface area contributed by atoms with E-state index in [9.17, 15) is 4.79 Å². The van der Waals surface area contributed by atoms with Gasteiger partial charge in [-0.05, 0) is 31.6 Å². The summed E-state index contributed by atoms with van der Waals surface area (Å²) >= 11 is 0. The third-order valence-electron chi connectivity index (χ3n) is 3.97. The summed E-state index contributed by atoms with van der Waals surface area (Å²) in [4.78, 5) is 11.7. The summed E-state index contributed by atoms with van der Waals surface area (Å²) in [5.41, 5.74) is 2.28. The number of nitrogens with one attached hydrogen (secondary N) is 1. The van der Waals surface area contributed by atoms with Gasteiger partial charge >= 0.3 is 0 Å². The third kappa shape index (κ3) is 1.26.